The molecule has 0 N–H and O–H groups in total. The Kier molecular flexibility index (Phi) is 3.90. The number of ether oxygens (including phenoxy) is 1. The number of alkyl halides is 2. The molecule has 0 saturated carbocycles. The fourth-order valence-corrected chi connectivity index (χ4v) is 1.56. The van der Waals surface area contributed by atoms with Crippen LogP contribution in [-0.2, 0) is 4.74 Å². The number of rotatable bonds is 2. The lowest BCUT2D eigenvalue weighted by Crippen LogP contribution is -2.08. The number of hydrogen-bond acceptors (Lipinski definition) is 4. The van der Waals surface area contributed by atoms with Crippen molar-refractivity contribution in [2.75, 3.05) is 7.11 Å². The van der Waals surface area contributed by atoms with Crippen molar-refractivity contribution in [2.24, 2.45) is 0 Å². The maximum atomic E-state index is 12.6. The maximum Gasteiger partial charge on any atom is 0.340 e. The molecule has 0 aliphatic heterocycles. The summed E-state index contributed by atoms with van der Waals surface area (Å²) in [6.07, 6.45) is -1.89. The van der Waals surface area contributed by atoms with Crippen molar-refractivity contribution in [1.82, 2.24) is 4.98 Å². The Balaban J connectivity index is 3.51. The van der Waals surface area contributed by atoms with Crippen molar-refractivity contribution >= 4 is 21.9 Å². The number of nitriles is 1. The van der Waals surface area contributed by atoms with Crippen LogP contribution in [-0.4, -0.2) is 18.1 Å². The molecule has 0 spiro atoms. The first-order valence-corrected chi connectivity index (χ1v) is 4.77. The van der Waals surface area contributed by atoms with E-state index >= 15 is 0 Å². The predicted octanol–water partition coefficient (Wildman–Crippen LogP) is 2.44. The summed E-state index contributed by atoms with van der Waals surface area (Å²) < 4.78 is 29.5. The monoisotopic (exact) mass is 290 g/mol. The van der Waals surface area contributed by atoms with Gasteiger partial charge in [0.1, 0.15) is 10.7 Å². The molecule has 0 aliphatic rings. The van der Waals surface area contributed by atoms with E-state index in [1.807, 2.05) is 0 Å². The van der Waals surface area contributed by atoms with Gasteiger partial charge in [-0.25, -0.2) is 18.6 Å². The number of halogens is 3. The number of carbonyl (C=O) groups excluding carboxylic acids is 1. The molecule has 7 heteroatoms. The van der Waals surface area contributed by atoms with E-state index in [9.17, 15) is 13.6 Å². The Morgan fingerprint density at radius 1 is 1.69 bits per heavy atom. The quantitative estimate of drug-likeness (QED) is 0.620. The third-order valence-electron chi connectivity index (χ3n) is 1.80. The molecule has 0 unspecified atom stereocenters. The van der Waals surface area contributed by atoms with E-state index in [2.05, 4.69) is 25.7 Å². The van der Waals surface area contributed by atoms with Crippen LogP contribution >= 0.6 is 15.9 Å². The van der Waals surface area contributed by atoms with E-state index < -0.39 is 23.5 Å². The van der Waals surface area contributed by atoms with Gasteiger partial charge in [-0.05, 0) is 15.9 Å². The van der Waals surface area contributed by atoms with Crippen molar-refractivity contribution in [3.63, 3.8) is 0 Å². The Hall–Kier alpha value is -1.55. The highest BCUT2D eigenvalue weighted by Gasteiger charge is 2.24. The summed E-state index contributed by atoms with van der Waals surface area (Å²) in [4.78, 5) is 14.8. The summed E-state index contributed by atoms with van der Waals surface area (Å²) >= 11 is 2.80. The van der Waals surface area contributed by atoms with Gasteiger partial charge in [-0.3, -0.25) is 0 Å². The highest BCUT2D eigenvalue weighted by Crippen LogP contribution is 2.30. The van der Waals surface area contributed by atoms with Crippen molar-refractivity contribution in [2.45, 2.75) is 6.43 Å². The smallest absolute Gasteiger partial charge is 0.340 e. The number of pyridine rings is 1. The Morgan fingerprint density at radius 2 is 2.31 bits per heavy atom. The highest BCUT2D eigenvalue weighted by molar-refractivity contribution is 9.10. The van der Waals surface area contributed by atoms with Gasteiger partial charge in [-0.15, -0.1) is 0 Å². The number of esters is 1. The second-order valence-corrected chi connectivity index (χ2v) is 3.41. The average Bonchev–Trinajstić information content (AvgIpc) is 2.26. The molecule has 0 fully saturated rings. The minimum absolute atomic E-state index is 0.160. The molecule has 0 saturated heterocycles. The molecule has 1 aromatic heterocycles. The van der Waals surface area contributed by atoms with Crippen LogP contribution in [0.3, 0.4) is 0 Å². The summed E-state index contributed by atoms with van der Waals surface area (Å²) in [5.41, 5.74) is -1.31. The van der Waals surface area contributed by atoms with Gasteiger partial charge in [-0.1, -0.05) is 0 Å². The van der Waals surface area contributed by atoms with Gasteiger partial charge in [0.25, 0.3) is 6.43 Å². The van der Waals surface area contributed by atoms with E-state index in [0.29, 0.717) is 0 Å². The zero-order valence-electron chi connectivity index (χ0n) is 8.00. The molecule has 4 nitrogen and oxygen atoms in total. The second kappa shape index (κ2) is 4.99. The van der Waals surface area contributed by atoms with Crippen LogP contribution in [0.25, 0.3) is 0 Å². The third kappa shape index (κ3) is 2.17. The molecule has 16 heavy (non-hydrogen) atoms. The molecule has 0 atom stereocenters. The Labute approximate surface area is 98.0 Å². The molecule has 84 valence electrons. The first kappa shape index (κ1) is 12.5. The Morgan fingerprint density at radius 3 is 2.75 bits per heavy atom. The van der Waals surface area contributed by atoms with Crippen LogP contribution in [0.5, 0.6) is 0 Å². The van der Waals surface area contributed by atoms with Gasteiger partial charge in [0.2, 0.25) is 0 Å². The fourth-order valence-electron chi connectivity index (χ4n) is 1.09. The van der Waals surface area contributed by atoms with Crippen molar-refractivity contribution < 1.29 is 18.3 Å². The molecule has 0 bridgehead atoms. The molecule has 0 aromatic carbocycles. The van der Waals surface area contributed by atoms with Gasteiger partial charge in [0, 0.05) is 6.20 Å². The van der Waals surface area contributed by atoms with E-state index in [4.69, 9.17) is 5.26 Å². The summed E-state index contributed by atoms with van der Waals surface area (Å²) in [5, 5.41) is 8.78. The summed E-state index contributed by atoms with van der Waals surface area (Å²) in [5.74, 6) is -0.876. The van der Waals surface area contributed by atoms with E-state index in [1.165, 1.54) is 0 Å². The van der Waals surface area contributed by atoms with Gasteiger partial charge >= 0.3 is 5.97 Å². The summed E-state index contributed by atoms with van der Waals surface area (Å²) in [6.45, 7) is 0. The van der Waals surface area contributed by atoms with Crippen LogP contribution in [0.2, 0.25) is 0 Å². The number of methoxy groups -OCH3 is 1. The molecular formula is C9H5BrF2N2O2. The van der Waals surface area contributed by atoms with Crippen LogP contribution in [0.15, 0.2) is 10.8 Å². The van der Waals surface area contributed by atoms with Crippen molar-refractivity contribution in [1.29, 1.82) is 5.26 Å². The normalized spacial score (nSPS) is 10.0. The van der Waals surface area contributed by atoms with Crippen LogP contribution in [0.1, 0.15) is 27.9 Å². The first-order chi connectivity index (χ1) is 7.52. The van der Waals surface area contributed by atoms with Gasteiger partial charge in [0.05, 0.1) is 23.8 Å². The number of aromatic nitrogens is 1. The largest absolute Gasteiger partial charge is 0.465 e. The molecule has 1 rings (SSSR count). The number of nitrogens with zero attached hydrogens (tertiary/aromatic N) is 2. The molecule has 0 aliphatic carbocycles. The average molecular weight is 291 g/mol. The SMILES string of the molecule is COC(=O)c1cnc(Br)c(C(F)F)c1C#N. The maximum absolute atomic E-state index is 12.6. The molecule has 1 heterocycles. The van der Waals surface area contributed by atoms with Gasteiger partial charge in [-0.2, -0.15) is 5.26 Å². The summed E-state index contributed by atoms with van der Waals surface area (Å²) in [7, 11) is 1.09. The zero-order valence-corrected chi connectivity index (χ0v) is 9.59. The minimum atomic E-state index is -2.90. The van der Waals surface area contributed by atoms with Crippen LogP contribution < -0.4 is 0 Å². The number of carbonyl (C=O) groups is 1. The topological polar surface area (TPSA) is 63.0 Å². The van der Waals surface area contributed by atoms with Crippen LogP contribution in [0, 0.1) is 11.3 Å². The lowest BCUT2D eigenvalue weighted by atomic mass is 10.1. The van der Waals surface area contributed by atoms with Gasteiger partial charge in [0.15, 0.2) is 0 Å². The predicted molar refractivity (Wildman–Crippen MR) is 52.9 cm³/mol. The standard InChI is InChI=1S/C9H5BrF2N2O2/c1-16-9(15)5-3-14-7(10)6(8(11)12)4(5)2-13/h3,8H,1H3. The molecule has 0 amide bonds. The molecule has 0 radical (unpaired) electrons. The van der Waals surface area contributed by atoms with Crippen molar-refractivity contribution in [3.05, 3.63) is 27.5 Å². The van der Waals surface area contributed by atoms with E-state index in [1.54, 1.807) is 6.07 Å². The second-order valence-electron chi connectivity index (χ2n) is 2.66. The zero-order chi connectivity index (χ0) is 12.3. The van der Waals surface area contributed by atoms with Crippen molar-refractivity contribution in [3.8, 4) is 6.07 Å². The molecule has 1 aromatic rings. The Bertz CT molecular complexity index is 471. The molecular weight excluding hydrogens is 286 g/mol. The first-order valence-electron chi connectivity index (χ1n) is 3.97. The van der Waals surface area contributed by atoms with Gasteiger partial charge < -0.3 is 4.74 Å². The van der Waals surface area contributed by atoms with E-state index in [-0.39, 0.29) is 10.2 Å². The summed E-state index contributed by atoms with van der Waals surface area (Å²) in [6, 6.07) is 1.55. The van der Waals surface area contributed by atoms with Crippen LogP contribution in [0.4, 0.5) is 8.78 Å². The number of hydrogen-bond donors (Lipinski definition) is 0. The lowest BCUT2D eigenvalue weighted by molar-refractivity contribution is 0.0599. The lowest BCUT2D eigenvalue weighted by Gasteiger charge is -2.08. The minimum Gasteiger partial charge on any atom is -0.465 e. The third-order valence-corrected chi connectivity index (χ3v) is 2.44. The fraction of sp³-hybridized carbons (Fsp3) is 0.222. The highest BCUT2D eigenvalue weighted by atomic mass is 79.9. The van der Waals surface area contributed by atoms with E-state index in [0.717, 1.165) is 13.3 Å².